The lowest BCUT2D eigenvalue weighted by molar-refractivity contribution is 0.339. The summed E-state index contributed by atoms with van der Waals surface area (Å²) in [6, 6.07) is 10.9. The Labute approximate surface area is 141 Å². The number of aromatic amines is 1. The van der Waals surface area contributed by atoms with Crippen LogP contribution in [0.15, 0.2) is 42.9 Å². The maximum Gasteiger partial charge on any atom is 0.142 e. The molecule has 0 saturated carbocycles. The van der Waals surface area contributed by atoms with Crippen LogP contribution in [0, 0.1) is 6.92 Å². The summed E-state index contributed by atoms with van der Waals surface area (Å²) >= 11 is 0. The van der Waals surface area contributed by atoms with E-state index in [-0.39, 0.29) is 5.41 Å². The first-order valence-electron chi connectivity index (χ1n) is 8.52. The highest BCUT2D eigenvalue weighted by molar-refractivity contribution is 5.87. The van der Waals surface area contributed by atoms with Crippen LogP contribution in [-0.2, 0) is 5.41 Å². The van der Waals surface area contributed by atoms with E-state index in [4.69, 9.17) is 5.73 Å². The summed E-state index contributed by atoms with van der Waals surface area (Å²) in [6.45, 7) is 4.73. The Morgan fingerprint density at radius 1 is 1.12 bits per heavy atom. The third kappa shape index (κ3) is 2.45. The van der Waals surface area contributed by atoms with Crippen LogP contribution >= 0.6 is 0 Å². The van der Waals surface area contributed by atoms with E-state index in [1.165, 1.54) is 11.1 Å². The number of nitrogens with one attached hydrogen (secondary N) is 1. The van der Waals surface area contributed by atoms with Gasteiger partial charge in [-0.25, -0.2) is 9.97 Å². The molecule has 5 nitrogen and oxygen atoms in total. The molecule has 2 aromatic heterocycles. The van der Waals surface area contributed by atoms with Crippen LogP contribution in [-0.4, -0.2) is 34.6 Å². The van der Waals surface area contributed by atoms with Gasteiger partial charge in [0.2, 0.25) is 0 Å². The zero-order chi connectivity index (χ0) is 16.6. The summed E-state index contributed by atoms with van der Waals surface area (Å²) in [6.07, 6.45) is 5.65. The highest BCUT2D eigenvalue weighted by Gasteiger charge is 2.35. The molecule has 3 aromatic rings. The topological polar surface area (TPSA) is 70.8 Å². The second-order valence-electron chi connectivity index (χ2n) is 6.77. The molecule has 5 heteroatoms. The van der Waals surface area contributed by atoms with Crippen LogP contribution in [0.2, 0.25) is 0 Å². The predicted octanol–water partition coefficient (Wildman–Crippen LogP) is 2.76. The van der Waals surface area contributed by atoms with Crippen molar-refractivity contribution in [3.63, 3.8) is 0 Å². The molecule has 1 aliphatic rings. The van der Waals surface area contributed by atoms with Gasteiger partial charge in [-0.3, -0.25) is 0 Å². The summed E-state index contributed by atoms with van der Waals surface area (Å²) in [5, 5.41) is 1.09. The van der Waals surface area contributed by atoms with Gasteiger partial charge in [-0.15, -0.1) is 0 Å². The molecule has 24 heavy (non-hydrogen) atoms. The fraction of sp³-hybridized carbons (Fsp3) is 0.368. The monoisotopic (exact) mass is 321 g/mol. The van der Waals surface area contributed by atoms with Crippen LogP contribution in [0.25, 0.3) is 11.0 Å². The van der Waals surface area contributed by atoms with Crippen LogP contribution in [0.3, 0.4) is 0 Å². The number of aromatic nitrogens is 3. The van der Waals surface area contributed by atoms with Crippen molar-refractivity contribution in [3.8, 4) is 0 Å². The lowest BCUT2D eigenvalue weighted by Crippen LogP contribution is -2.47. The van der Waals surface area contributed by atoms with E-state index in [9.17, 15) is 0 Å². The van der Waals surface area contributed by atoms with E-state index in [0.29, 0.717) is 6.54 Å². The average molecular weight is 321 g/mol. The van der Waals surface area contributed by atoms with Crippen LogP contribution < -0.4 is 10.6 Å². The van der Waals surface area contributed by atoms with Gasteiger partial charge in [0, 0.05) is 31.2 Å². The van der Waals surface area contributed by atoms with Gasteiger partial charge < -0.3 is 15.6 Å². The molecule has 0 radical (unpaired) electrons. The summed E-state index contributed by atoms with van der Waals surface area (Å²) < 4.78 is 0. The molecule has 1 saturated heterocycles. The summed E-state index contributed by atoms with van der Waals surface area (Å²) in [7, 11) is 0. The van der Waals surface area contributed by atoms with E-state index in [1.54, 1.807) is 6.33 Å². The van der Waals surface area contributed by atoms with Gasteiger partial charge in [-0.1, -0.05) is 29.8 Å². The van der Waals surface area contributed by atoms with Gasteiger partial charge in [0.25, 0.3) is 0 Å². The molecule has 0 atom stereocenters. The van der Waals surface area contributed by atoms with Crippen LogP contribution in [0.5, 0.6) is 0 Å². The number of fused-ring (bicyclic) bond motifs is 1. The Morgan fingerprint density at radius 3 is 2.58 bits per heavy atom. The lowest BCUT2D eigenvalue weighted by atomic mass is 9.72. The molecule has 0 amide bonds. The normalized spacial score (nSPS) is 17.3. The van der Waals surface area contributed by atoms with E-state index < -0.39 is 0 Å². The van der Waals surface area contributed by atoms with E-state index in [0.717, 1.165) is 42.8 Å². The van der Waals surface area contributed by atoms with Gasteiger partial charge in [0.1, 0.15) is 17.8 Å². The van der Waals surface area contributed by atoms with Gasteiger partial charge in [-0.05, 0) is 31.4 Å². The Hall–Kier alpha value is -2.40. The van der Waals surface area contributed by atoms with Crippen molar-refractivity contribution >= 4 is 16.9 Å². The average Bonchev–Trinajstić information content (AvgIpc) is 3.11. The Morgan fingerprint density at radius 2 is 1.88 bits per heavy atom. The van der Waals surface area contributed by atoms with Crippen LogP contribution in [0.1, 0.15) is 24.0 Å². The number of H-pyrrole nitrogens is 1. The molecule has 3 heterocycles. The molecular formula is C19H23N5. The van der Waals surface area contributed by atoms with E-state index in [2.05, 4.69) is 57.1 Å². The van der Waals surface area contributed by atoms with E-state index >= 15 is 0 Å². The first-order valence-corrected chi connectivity index (χ1v) is 8.52. The fourth-order valence-corrected chi connectivity index (χ4v) is 3.78. The standard InChI is InChI=1S/C19H23N5/c1-14-2-4-15(5-3-14)19(12-20)7-10-24(11-8-19)18-16-6-9-21-17(16)22-13-23-18/h2-6,9,13H,7-8,10-12,20H2,1H3,(H,21,22,23). The minimum absolute atomic E-state index is 0.0779. The van der Waals surface area contributed by atoms with E-state index in [1.807, 2.05) is 6.20 Å². The van der Waals surface area contributed by atoms with Crippen molar-refractivity contribution in [2.45, 2.75) is 25.2 Å². The first kappa shape index (κ1) is 15.1. The summed E-state index contributed by atoms with van der Waals surface area (Å²) in [5.41, 5.74) is 9.85. The minimum atomic E-state index is 0.0779. The third-order valence-electron chi connectivity index (χ3n) is 5.41. The molecule has 0 spiro atoms. The number of aryl methyl sites for hydroxylation is 1. The Bertz CT molecular complexity index is 828. The summed E-state index contributed by atoms with van der Waals surface area (Å²) in [5.74, 6) is 1.02. The number of anilines is 1. The number of hydrogen-bond donors (Lipinski definition) is 2. The molecule has 0 unspecified atom stereocenters. The smallest absolute Gasteiger partial charge is 0.142 e. The van der Waals surface area contributed by atoms with Crippen molar-refractivity contribution in [1.29, 1.82) is 0 Å². The second-order valence-corrected chi connectivity index (χ2v) is 6.77. The maximum absolute atomic E-state index is 6.22. The molecule has 124 valence electrons. The largest absolute Gasteiger partial charge is 0.356 e. The Kier molecular flexibility index (Phi) is 3.73. The molecule has 4 rings (SSSR count). The zero-order valence-corrected chi connectivity index (χ0v) is 14.0. The van der Waals surface area contributed by atoms with Crippen LogP contribution in [0.4, 0.5) is 5.82 Å². The second kappa shape index (κ2) is 5.91. The molecule has 3 N–H and O–H groups in total. The van der Waals surface area contributed by atoms with Crippen molar-refractivity contribution in [2.75, 3.05) is 24.5 Å². The number of hydrogen-bond acceptors (Lipinski definition) is 4. The highest BCUT2D eigenvalue weighted by Crippen LogP contribution is 2.37. The predicted molar refractivity (Wildman–Crippen MR) is 97.2 cm³/mol. The SMILES string of the molecule is Cc1ccc(C2(CN)CCN(c3ncnc4[nH]ccc34)CC2)cc1. The van der Waals surface area contributed by atoms with Crippen molar-refractivity contribution < 1.29 is 0 Å². The number of nitrogens with zero attached hydrogens (tertiary/aromatic N) is 3. The molecule has 0 bridgehead atoms. The Balaban J connectivity index is 1.59. The van der Waals surface area contributed by atoms with Crippen molar-refractivity contribution in [1.82, 2.24) is 15.0 Å². The molecule has 1 aromatic carbocycles. The molecule has 0 aliphatic carbocycles. The fourth-order valence-electron chi connectivity index (χ4n) is 3.78. The lowest BCUT2D eigenvalue weighted by Gasteiger charge is -2.42. The molecular weight excluding hydrogens is 298 g/mol. The zero-order valence-electron chi connectivity index (χ0n) is 14.0. The highest BCUT2D eigenvalue weighted by atomic mass is 15.2. The summed E-state index contributed by atoms with van der Waals surface area (Å²) in [4.78, 5) is 14.3. The van der Waals surface area contributed by atoms with Gasteiger partial charge in [-0.2, -0.15) is 0 Å². The third-order valence-corrected chi connectivity index (χ3v) is 5.41. The molecule has 1 aliphatic heterocycles. The number of piperidine rings is 1. The number of benzene rings is 1. The maximum atomic E-state index is 6.22. The van der Waals surface area contributed by atoms with Gasteiger partial charge in [0.05, 0.1) is 5.39 Å². The quantitative estimate of drug-likeness (QED) is 0.778. The minimum Gasteiger partial charge on any atom is -0.356 e. The van der Waals surface area contributed by atoms with Crippen molar-refractivity contribution in [2.24, 2.45) is 5.73 Å². The van der Waals surface area contributed by atoms with Gasteiger partial charge in [0.15, 0.2) is 0 Å². The van der Waals surface area contributed by atoms with Gasteiger partial charge >= 0.3 is 0 Å². The molecule has 1 fully saturated rings. The number of nitrogens with two attached hydrogens (primary N) is 1. The first-order chi connectivity index (χ1) is 11.7. The number of rotatable bonds is 3. The van der Waals surface area contributed by atoms with Crippen molar-refractivity contribution in [3.05, 3.63) is 54.0 Å².